The van der Waals surface area contributed by atoms with Crippen molar-refractivity contribution in [3.8, 4) is 0 Å². The molecule has 1 aromatic carbocycles. The normalized spacial score (nSPS) is 18.0. The predicted molar refractivity (Wildman–Crippen MR) is 89.2 cm³/mol. The molecule has 2 rings (SSSR count). The van der Waals surface area contributed by atoms with Gasteiger partial charge in [-0.3, -0.25) is 4.99 Å². The molecule has 20 heavy (non-hydrogen) atoms. The van der Waals surface area contributed by atoms with Crippen LogP contribution in [-0.2, 0) is 0 Å². The lowest BCUT2D eigenvalue weighted by molar-refractivity contribution is 0.529. The summed E-state index contributed by atoms with van der Waals surface area (Å²) in [5.74, 6) is 1.68. The zero-order chi connectivity index (χ0) is 14.7. The fraction of sp³-hybridized carbons (Fsp3) is 0.467. The Balaban J connectivity index is 2.14. The van der Waals surface area contributed by atoms with Crippen LogP contribution in [0.4, 0.5) is 11.4 Å². The quantitative estimate of drug-likeness (QED) is 0.784. The first-order valence-electron chi connectivity index (χ1n) is 6.64. The fourth-order valence-corrected chi connectivity index (χ4v) is 3.47. The van der Waals surface area contributed by atoms with Gasteiger partial charge in [0.25, 0.3) is 0 Å². The molecule has 0 fully saturated rings. The van der Waals surface area contributed by atoms with Gasteiger partial charge >= 0.3 is 0 Å². The van der Waals surface area contributed by atoms with Crippen molar-refractivity contribution >= 4 is 39.9 Å². The zero-order valence-corrected chi connectivity index (χ0v) is 13.5. The third-order valence-corrected chi connectivity index (χ3v) is 4.42. The molecular formula is C15H18ClN3S. The summed E-state index contributed by atoms with van der Waals surface area (Å²) in [6, 6.07) is 3.92. The molecule has 1 heterocycles. The molecule has 1 aliphatic heterocycles. The van der Waals surface area contributed by atoms with Crippen molar-refractivity contribution in [2.45, 2.75) is 33.2 Å². The average molecular weight is 308 g/mol. The van der Waals surface area contributed by atoms with E-state index in [-0.39, 0.29) is 0 Å². The Morgan fingerprint density at radius 2 is 2.30 bits per heavy atom. The van der Waals surface area contributed by atoms with Gasteiger partial charge in [0.1, 0.15) is 0 Å². The number of nitrogens with zero attached hydrogens (tertiary/aromatic N) is 2. The SMILES string of the molecule is [C-]#[N+]c1cc(C)c(NC2=N[C@@H](CC(C)C)CS2)c(Cl)c1. The molecule has 1 aromatic rings. The van der Waals surface area contributed by atoms with Crippen LogP contribution in [0.5, 0.6) is 0 Å². The summed E-state index contributed by atoms with van der Waals surface area (Å²) in [7, 11) is 0. The van der Waals surface area contributed by atoms with Crippen LogP contribution < -0.4 is 5.32 Å². The number of nitrogens with one attached hydrogen (secondary N) is 1. The lowest BCUT2D eigenvalue weighted by Crippen LogP contribution is -2.08. The van der Waals surface area contributed by atoms with E-state index in [1.165, 1.54) is 0 Å². The van der Waals surface area contributed by atoms with Gasteiger partial charge in [0.05, 0.1) is 23.3 Å². The summed E-state index contributed by atoms with van der Waals surface area (Å²) in [5, 5.41) is 4.81. The van der Waals surface area contributed by atoms with E-state index in [0.29, 0.717) is 22.7 Å². The van der Waals surface area contributed by atoms with Gasteiger partial charge in [-0.15, -0.1) is 0 Å². The van der Waals surface area contributed by atoms with Gasteiger partial charge in [0, 0.05) is 5.75 Å². The Labute approximate surface area is 129 Å². The maximum absolute atomic E-state index is 7.04. The molecule has 1 N–H and O–H groups in total. The summed E-state index contributed by atoms with van der Waals surface area (Å²) in [4.78, 5) is 8.11. The Hall–Kier alpha value is -1.18. The van der Waals surface area contributed by atoms with Gasteiger partial charge in [-0.2, -0.15) is 0 Å². The van der Waals surface area contributed by atoms with E-state index in [2.05, 4.69) is 24.0 Å². The Kier molecular flexibility index (Phi) is 4.95. The minimum Gasteiger partial charge on any atom is -0.334 e. The van der Waals surface area contributed by atoms with E-state index >= 15 is 0 Å². The third-order valence-electron chi connectivity index (χ3n) is 3.09. The van der Waals surface area contributed by atoms with Crippen molar-refractivity contribution in [1.29, 1.82) is 0 Å². The first kappa shape index (κ1) is 15.2. The van der Waals surface area contributed by atoms with Crippen LogP contribution in [0, 0.1) is 19.4 Å². The van der Waals surface area contributed by atoms with Crippen LogP contribution in [0.2, 0.25) is 5.02 Å². The molecule has 0 bridgehead atoms. The summed E-state index contributed by atoms with van der Waals surface area (Å²) in [5.41, 5.74) is 2.39. The molecule has 1 aliphatic rings. The molecule has 3 nitrogen and oxygen atoms in total. The lowest BCUT2D eigenvalue weighted by Gasteiger charge is -2.11. The molecule has 0 spiro atoms. The van der Waals surface area contributed by atoms with Gasteiger partial charge < -0.3 is 5.32 Å². The molecule has 0 aromatic heterocycles. The maximum Gasteiger partial charge on any atom is 0.189 e. The minimum atomic E-state index is 0.393. The molecule has 0 amide bonds. The summed E-state index contributed by atoms with van der Waals surface area (Å²) in [6.07, 6.45) is 1.11. The maximum atomic E-state index is 7.04. The summed E-state index contributed by atoms with van der Waals surface area (Å²) >= 11 is 7.98. The standard InChI is InChI=1S/C15H18ClN3S/c1-9(2)5-12-8-20-15(18-12)19-14-10(3)6-11(17-4)7-13(14)16/h6-7,9,12H,5,8H2,1-3H3,(H,18,19)/t12-/m0/s1. The van der Waals surface area contributed by atoms with Crippen molar-refractivity contribution in [1.82, 2.24) is 0 Å². The number of rotatable bonds is 3. The minimum absolute atomic E-state index is 0.393. The molecule has 0 radical (unpaired) electrons. The van der Waals surface area contributed by atoms with Crippen LogP contribution in [0.15, 0.2) is 17.1 Å². The van der Waals surface area contributed by atoms with Crippen LogP contribution in [0.25, 0.3) is 4.85 Å². The fourth-order valence-electron chi connectivity index (χ4n) is 2.20. The Morgan fingerprint density at radius 3 is 2.90 bits per heavy atom. The number of thioether (sulfide) groups is 1. The lowest BCUT2D eigenvalue weighted by atomic mass is 10.1. The van der Waals surface area contributed by atoms with E-state index in [1.54, 1.807) is 17.8 Å². The molecule has 5 heteroatoms. The van der Waals surface area contributed by atoms with Crippen LogP contribution in [-0.4, -0.2) is 17.0 Å². The summed E-state index contributed by atoms with van der Waals surface area (Å²) < 4.78 is 0. The average Bonchev–Trinajstić information content (AvgIpc) is 2.80. The number of halogens is 1. The second-order valence-corrected chi connectivity index (χ2v) is 6.80. The number of hydrogen-bond acceptors (Lipinski definition) is 3. The second-order valence-electron chi connectivity index (χ2n) is 5.38. The Morgan fingerprint density at radius 1 is 1.55 bits per heavy atom. The second kappa shape index (κ2) is 6.51. The van der Waals surface area contributed by atoms with E-state index in [4.69, 9.17) is 23.2 Å². The van der Waals surface area contributed by atoms with Gasteiger partial charge in [-0.05, 0) is 30.9 Å². The van der Waals surface area contributed by atoms with E-state index < -0.39 is 0 Å². The van der Waals surface area contributed by atoms with Crippen molar-refractivity contribution in [2.24, 2.45) is 10.9 Å². The van der Waals surface area contributed by atoms with Crippen molar-refractivity contribution in [3.05, 3.63) is 34.1 Å². The van der Waals surface area contributed by atoms with Crippen molar-refractivity contribution in [2.75, 3.05) is 11.1 Å². The number of benzene rings is 1. The molecular weight excluding hydrogens is 290 g/mol. The molecule has 106 valence electrons. The highest BCUT2D eigenvalue weighted by molar-refractivity contribution is 8.14. The predicted octanol–water partition coefficient (Wildman–Crippen LogP) is 5.13. The van der Waals surface area contributed by atoms with Crippen molar-refractivity contribution in [3.63, 3.8) is 0 Å². The van der Waals surface area contributed by atoms with Crippen LogP contribution >= 0.6 is 23.4 Å². The van der Waals surface area contributed by atoms with Crippen molar-refractivity contribution < 1.29 is 0 Å². The topological polar surface area (TPSA) is 28.8 Å². The molecule has 0 saturated heterocycles. The highest BCUT2D eigenvalue weighted by Gasteiger charge is 2.20. The first-order chi connectivity index (χ1) is 9.49. The summed E-state index contributed by atoms with van der Waals surface area (Å²) in [6.45, 7) is 13.4. The molecule has 1 atom stereocenters. The molecule has 0 unspecified atom stereocenters. The van der Waals surface area contributed by atoms with E-state index in [1.807, 2.05) is 13.0 Å². The van der Waals surface area contributed by atoms with E-state index in [9.17, 15) is 0 Å². The third kappa shape index (κ3) is 3.68. The number of aliphatic imine (C=N–C) groups is 1. The Bertz CT molecular complexity index is 552. The van der Waals surface area contributed by atoms with Crippen LogP contribution in [0.1, 0.15) is 25.8 Å². The number of amidine groups is 1. The highest BCUT2D eigenvalue weighted by atomic mass is 35.5. The van der Waals surface area contributed by atoms with Gasteiger partial charge in [-0.25, -0.2) is 4.85 Å². The van der Waals surface area contributed by atoms with Gasteiger partial charge in [-0.1, -0.05) is 43.3 Å². The van der Waals surface area contributed by atoms with Crippen LogP contribution in [0.3, 0.4) is 0 Å². The molecule has 0 saturated carbocycles. The zero-order valence-electron chi connectivity index (χ0n) is 11.9. The first-order valence-corrected chi connectivity index (χ1v) is 8.01. The number of anilines is 1. The highest BCUT2D eigenvalue weighted by Crippen LogP contribution is 2.33. The van der Waals surface area contributed by atoms with Gasteiger partial charge in [0.2, 0.25) is 0 Å². The number of aryl methyl sites for hydroxylation is 1. The van der Waals surface area contributed by atoms with E-state index in [0.717, 1.165) is 28.6 Å². The monoisotopic (exact) mass is 307 g/mol. The van der Waals surface area contributed by atoms with Gasteiger partial charge in [0.15, 0.2) is 10.9 Å². The molecule has 0 aliphatic carbocycles. The number of hydrogen-bond donors (Lipinski definition) is 1. The largest absolute Gasteiger partial charge is 0.334 e. The smallest absolute Gasteiger partial charge is 0.189 e.